The Morgan fingerprint density at radius 3 is 2.57 bits per heavy atom. The average Bonchev–Trinajstić information content (AvgIpc) is 3.05. The van der Waals surface area contributed by atoms with E-state index in [4.69, 9.17) is 9.15 Å². The van der Waals surface area contributed by atoms with Crippen LogP contribution in [0.3, 0.4) is 0 Å². The van der Waals surface area contributed by atoms with Crippen LogP contribution in [0.2, 0.25) is 0 Å². The Morgan fingerprint density at radius 2 is 1.96 bits per heavy atom. The number of nitrogens with zero attached hydrogens (tertiary/aromatic N) is 1. The van der Waals surface area contributed by atoms with E-state index >= 15 is 0 Å². The second kappa shape index (κ2) is 6.64. The van der Waals surface area contributed by atoms with Gasteiger partial charge in [-0.05, 0) is 71.0 Å². The quantitative estimate of drug-likeness (QED) is 0.705. The molecule has 1 aliphatic heterocycles. The minimum Gasteiger partial charge on any atom is -0.494 e. The van der Waals surface area contributed by atoms with Gasteiger partial charge in [-0.1, -0.05) is 0 Å². The number of halogens is 1. The van der Waals surface area contributed by atoms with Crippen LogP contribution in [0, 0.1) is 0 Å². The number of carbonyl (C=O) groups is 2. The molecule has 1 aliphatic rings. The van der Waals surface area contributed by atoms with Crippen molar-refractivity contribution in [3.8, 4) is 5.75 Å². The van der Waals surface area contributed by atoms with Crippen LogP contribution in [-0.4, -0.2) is 17.8 Å². The van der Waals surface area contributed by atoms with Crippen LogP contribution in [0.1, 0.15) is 12.7 Å². The van der Waals surface area contributed by atoms with Crippen molar-refractivity contribution in [1.82, 2.24) is 0 Å². The lowest BCUT2D eigenvalue weighted by Crippen LogP contribution is -2.27. The highest BCUT2D eigenvalue weighted by atomic mass is 79.9. The normalized spacial score (nSPS) is 16.4. The highest BCUT2D eigenvalue weighted by Gasteiger charge is 2.36. The van der Waals surface area contributed by atoms with Gasteiger partial charge in [0.05, 0.1) is 17.2 Å². The summed E-state index contributed by atoms with van der Waals surface area (Å²) in [7, 11) is 0. The molecule has 2 amide bonds. The maximum atomic E-state index is 12.5. The lowest BCUT2D eigenvalue weighted by Gasteiger charge is -2.13. The van der Waals surface area contributed by atoms with E-state index in [9.17, 15) is 9.59 Å². The van der Waals surface area contributed by atoms with E-state index in [1.807, 2.05) is 6.92 Å². The number of imide groups is 1. The van der Waals surface area contributed by atoms with Gasteiger partial charge in [-0.3, -0.25) is 9.59 Å². The van der Waals surface area contributed by atoms with Crippen LogP contribution in [0.4, 0.5) is 10.5 Å². The molecule has 0 radical (unpaired) electrons. The molecule has 1 saturated heterocycles. The van der Waals surface area contributed by atoms with E-state index in [1.165, 1.54) is 0 Å². The molecular formula is C16H12BrNO4S. The Morgan fingerprint density at radius 1 is 1.22 bits per heavy atom. The van der Waals surface area contributed by atoms with Crippen LogP contribution in [0.15, 0.2) is 50.4 Å². The first-order chi connectivity index (χ1) is 11.1. The number of benzene rings is 1. The summed E-state index contributed by atoms with van der Waals surface area (Å²) in [6.45, 7) is 2.45. The first-order valence-corrected chi connectivity index (χ1v) is 8.45. The Kier molecular flexibility index (Phi) is 4.58. The average molecular weight is 394 g/mol. The number of hydrogen-bond donors (Lipinski definition) is 0. The van der Waals surface area contributed by atoms with Crippen molar-refractivity contribution in [2.45, 2.75) is 6.92 Å². The van der Waals surface area contributed by atoms with Crippen molar-refractivity contribution in [3.63, 3.8) is 0 Å². The summed E-state index contributed by atoms with van der Waals surface area (Å²) in [5, 5.41) is -0.337. The number of ether oxygens (including phenoxy) is 1. The predicted molar refractivity (Wildman–Crippen MR) is 92.5 cm³/mol. The fraction of sp³-hybridized carbons (Fsp3) is 0.125. The van der Waals surface area contributed by atoms with E-state index in [1.54, 1.807) is 42.5 Å². The van der Waals surface area contributed by atoms with Gasteiger partial charge >= 0.3 is 0 Å². The third kappa shape index (κ3) is 3.35. The highest BCUT2D eigenvalue weighted by molar-refractivity contribution is 9.10. The van der Waals surface area contributed by atoms with Crippen LogP contribution < -0.4 is 9.64 Å². The summed E-state index contributed by atoms with van der Waals surface area (Å²) in [5.74, 6) is 0.838. The van der Waals surface area contributed by atoms with Gasteiger partial charge in [0.1, 0.15) is 11.5 Å². The predicted octanol–water partition coefficient (Wildman–Crippen LogP) is 4.68. The number of amides is 2. The molecule has 0 bridgehead atoms. The molecule has 2 heterocycles. The summed E-state index contributed by atoms with van der Waals surface area (Å²) in [5.41, 5.74) is 0.514. The largest absolute Gasteiger partial charge is 0.494 e. The van der Waals surface area contributed by atoms with E-state index in [0.29, 0.717) is 33.4 Å². The first-order valence-electron chi connectivity index (χ1n) is 6.84. The Balaban J connectivity index is 1.85. The molecule has 0 spiro atoms. The van der Waals surface area contributed by atoms with Gasteiger partial charge in [-0.15, -0.1) is 0 Å². The molecular weight excluding hydrogens is 382 g/mol. The fourth-order valence-electron chi connectivity index (χ4n) is 2.08. The van der Waals surface area contributed by atoms with Crippen molar-refractivity contribution >= 4 is 50.6 Å². The Bertz CT molecular complexity index is 782. The maximum Gasteiger partial charge on any atom is 0.298 e. The topological polar surface area (TPSA) is 59.8 Å². The summed E-state index contributed by atoms with van der Waals surface area (Å²) in [6.07, 6.45) is 1.56. The van der Waals surface area contributed by atoms with Crippen LogP contribution in [0.5, 0.6) is 5.75 Å². The van der Waals surface area contributed by atoms with E-state index in [-0.39, 0.29) is 11.1 Å². The monoisotopic (exact) mass is 393 g/mol. The molecule has 0 atom stereocenters. The van der Waals surface area contributed by atoms with Gasteiger partial charge in [-0.25, -0.2) is 4.90 Å². The molecule has 1 fully saturated rings. The van der Waals surface area contributed by atoms with E-state index < -0.39 is 0 Å². The van der Waals surface area contributed by atoms with Crippen molar-refractivity contribution in [2.75, 3.05) is 11.5 Å². The molecule has 1 aromatic carbocycles. The number of thioether (sulfide) groups is 1. The molecule has 7 heteroatoms. The van der Waals surface area contributed by atoms with Crippen molar-refractivity contribution in [3.05, 3.63) is 51.7 Å². The number of carbonyl (C=O) groups excluding carboxylic acids is 2. The minimum atomic E-state index is -0.364. The third-order valence-electron chi connectivity index (χ3n) is 3.07. The SMILES string of the molecule is CCOc1ccc(N2C(=O)S/C(=C/c3ccc(Br)o3)C2=O)cc1. The summed E-state index contributed by atoms with van der Waals surface area (Å²) < 4.78 is 11.3. The zero-order valence-corrected chi connectivity index (χ0v) is 14.5. The lowest BCUT2D eigenvalue weighted by molar-refractivity contribution is -0.113. The molecule has 0 saturated carbocycles. The van der Waals surface area contributed by atoms with Crippen LogP contribution in [0.25, 0.3) is 6.08 Å². The molecule has 118 valence electrons. The number of rotatable bonds is 4. The van der Waals surface area contributed by atoms with Crippen LogP contribution in [-0.2, 0) is 4.79 Å². The van der Waals surface area contributed by atoms with Crippen molar-refractivity contribution < 1.29 is 18.7 Å². The van der Waals surface area contributed by atoms with Gasteiger partial charge in [-0.2, -0.15) is 0 Å². The molecule has 0 N–H and O–H groups in total. The third-order valence-corrected chi connectivity index (χ3v) is 4.36. The Hall–Kier alpha value is -1.99. The second-order valence-corrected chi connectivity index (χ2v) is 6.36. The maximum absolute atomic E-state index is 12.5. The molecule has 23 heavy (non-hydrogen) atoms. The first kappa shape index (κ1) is 15.9. The standard InChI is InChI=1S/C16H12BrNO4S/c1-2-21-11-5-3-10(4-6-11)18-15(19)13(23-16(18)20)9-12-7-8-14(17)22-12/h3-9H,2H2,1H3/b13-9+. The van der Waals surface area contributed by atoms with Gasteiger partial charge in [0, 0.05) is 6.08 Å². The smallest absolute Gasteiger partial charge is 0.298 e. The molecule has 0 unspecified atom stereocenters. The number of anilines is 1. The summed E-state index contributed by atoms with van der Waals surface area (Å²) >= 11 is 4.09. The highest BCUT2D eigenvalue weighted by Crippen LogP contribution is 2.36. The molecule has 5 nitrogen and oxygen atoms in total. The molecule has 3 rings (SSSR count). The van der Waals surface area contributed by atoms with Gasteiger partial charge < -0.3 is 9.15 Å². The lowest BCUT2D eigenvalue weighted by atomic mass is 10.2. The van der Waals surface area contributed by atoms with Gasteiger partial charge in [0.2, 0.25) is 0 Å². The van der Waals surface area contributed by atoms with Crippen molar-refractivity contribution in [2.24, 2.45) is 0 Å². The second-order valence-electron chi connectivity index (χ2n) is 4.59. The number of furan rings is 1. The molecule has 0 aliphatic carbocycles. The molecule has 2 aromatic rings. The number of hydrogen-bond acceptors (Lipinski definition) is 5. The van der Waals surface area contributed by atoms with Gasteiger partial charge in [0.15, 0.2) is 4.67 Å². The summed E-state index contributed by atoms with van der Waals surface area (Å²) in [6, 6.07) is 10.3. The van der Waals surface area contributed by atoms with Crippen LogP contribution >= 0.6 is 27.7 Å². The minimum absolute atomic E-state index is 0.325. The summed E-state index contributed by atoms with van der Waals surface area (Å²) in [4.78, 5) is 26.1. The fourth-order valence-corrected chi connectivity index (χ4v) is 3.22. The zero-order chi connectivity index (χ0) is 16.4. The van der Waals surface area contributed by atoms with Gasteiger partial charge in [0.25, 0.3) is 11.1 Å². The van der Waals surface area contributed by atoms with Crippen molar-refractivity contribution in [1.29, 1.82) is 0 Å². The van der Waals surface area contributed by atoms with E-state index in [0.717, 1.165) is 16.7 Å². The molecule has 1 aromatic heterocycles. The van der Waals surface area contributed by atoms with E-state index in [2.05, 4.69) is 15.9 Å². The Labute approximate surface area is 145 Å². The zero-order valence-electron chi connectivity index (χ0n) is 12.1.